The number of aromatic nitrogens is 2. The SMILES string of the molecule is Cc1cccc(-c2nc3sc4c(c3c(=O)n2CC(=O)Nc2ccccc2Sc2ccccc2)CCCC4)c1. The van der Waals surface area contributed by atoms with Crippen LogP contribution < -0.4 is 10.9 Å². The number of nitrogens with zero attached hydrogens (tertiary/aromatic N) is 2. The zero-order valence-corrected chi connectivity index (χ0v) is 22.7. The molecule has 0 fully saturated rings. The van der Waals surface area contributed by atoms with Crippen molar-refractivity contribution in [2.45, 2.75) is 48.9 Å². The summed E-state index contributed by atoms with van der Waals surface area (Å²) in [7, 11) is 0. The Labute approximate surface area is 229 Å². The number of benzene rings is 3. The van der Waals surface area contributed by atoms with E-state index in [0.29, 0.717) is 11.2 Å². The van der Waals surface area contributed by atoms with E-state index in [9.17, 15) is 9.59 Å². The van der Waals surface area contributed by atoms with Gasteiger partial charge in [0.15, 0.2) is 0 Å². The van der Waals surface area contributed by atoms with Crippen molar-refractivity contribution in [3.05, 3.63) is 105 Å². The van der Waals surface area contributed by atoms with Crippen LogP contribution in [0.2, 0.25) is 0 Å². The van der Waals surface area contributed by atoms with E-state index in [-0.39, 0.29) is 18.0 Å². The Morgan fingerprint density at radius 1 is 1.00 bits per heavy atom. The summed E-state index contributed by atoms with van der Waals surface area (Å²) in [5.41, 5.74) is 3.63. The van der Waals surface area contributed by atoms with Gasteiger partial charge < -0.3 is 5.32 Å². The molecule has 6 rings (SSSR count). The van der Waals surface area contributed by atoms with Gasteiger partial charge >= 0.3 is 0 Å². The highest BCUT2D eigenvalue weighted by molar-refractivity contribution is 7.99. The summed E-state index contributed by atoms with van der Waals surface area (Å²) in [6.45, 7) is 1.91. The first-order valence-corrected chi connectivity index (χ1v) is 14.4. The highest BCUT2D eigenvalue weighted by Crippen LogP contribution is 2.35. The van der Waals surface area contributed by atoms with Gasteiger partial charge in [-0.2, -0.15) is 0 Å². The maximum atomic E-state index is 14.0. The molecular weight excluding hydrogens is 510 g/mol. The van der Waals surface area contributed by atoms with Crippen LogP contribution in [0.15, 0.2) is 93.4 Å². The second-order valence-corrected chi connectivity index (χ2v) is 11.7. The number of anilines is 1. The van der Waals surface area contributed by atoms with Crippen LogP contribution in [0.4, 0.5) is 5.69 Å². The topological polar surface area (TPSA) is 64.0 Å². The standard InChI is InChI=1S/C31H27N3O2S2/c1-20-10-9-11-21(18-20)29-33-30-28(23-14-5-7-16-25(23)38-30)31(36)34(29)19-27(35)32-24-15-6-8-17-26(24)37-22-12-3-2-4-13-22/h2-4,6,8-13,15,17-18H,5,7,14,16,19H2,1H3,(H,32,35). The van der Waals surface area contributed by atoms with Gasteiger partial charge in [-0.3, -0.25) is 14.2 Å². The minimum absolute atomic E-state index is 0.111. The predicted molar refractivity (Wildman–Crippen MR) is 156 cm³/mol. The Balaban J connectivity index is 1.38. The molecule has 0 bridgehead atoms. The van der Waals surface area contributed by atoms with Crippen LogP contribution in [-0.4, -0.2) is 15.5 Å². The molecular formula is C31H27N3O2S2. The predicted octanol–water partition coefficient (Wildman–Crippen LogP) is 7.10. The fourth-order valence-corrected chi connectivity index (χ4v) is 7.17. The molecule has 1 aliphatic carbocycles. The molecule has 5 aromatic rings. The van der Waals surface area contributed by atoms with Gasteiger partial charge in [0.25, 0.3) is 5.56 Å². The van der Waals surface area contributed by atoms with Crippen LogP contribution in [0.3, 0.4) is 0 Å². The van der Waals surface area contributed by atoms with E-state index in [0.717, 1.165) is 62.7 Å². The van der Waals surface area contributed by atoms with E-state index >= 15 is 0 Å². The van der Waals surface area contributed by atoms with Crippen LogP contribution in [0.25, 0.3) is 21.6 Å². The number of hydrogen-bond acceptors (Lipinski definition) is 5. The van der Waals surface area contributed by atoms with Crippen molar-refractivity contribution >= 4 is 44.9 Å². The number of nitrogens with one attached hydrogen (secondary N) is 1. The molecule has 38 heavy (non-hydrogen) atoms. The molecule has 0 spiro atoms. The molecule has 2 aromatic heterocycles. The molecule has 0 saturated heterocycles. The molecule has 0 aliphatic heterocycles. The van der Waals surface area contributed by atoms with E-state index in [1.165, 1.54) is 4.88 Å². The number of thiophene rings is 1. The van der Waals surface area contributed by atoms with E-state index in [1.807, 2.05) is 85.8 Å². The van der Waals surface area contributed by atoms with Gasteiger partial charge in [0, 0.05) is 20.2 Å². The molecule has 190 valence electrons. The third-order valence-corrected chi connectivity index (χ3v) is 9.05. The van der Waals surface area contributed by atoms with Gasteiger partial charge in [-0.15, -0.1) is 11.3 Å². The van der Waals surface area contributed by atoms with Crippen LogP contribution in [0, 0.1) is 6.92 Å². The molecule has 7 heteroatoms. The lowest BCUT2D eigenvalue weighted by molar-refractivity contribution is -0.116. The largest absolute Gasteiger partial charge is 0.323 e. The van der Waals surface area contributed by atoms with Gasteiger partial charge in [0.05, 0.1) is 11.1 Å². The Morgan fingerprint density at radius 2 is 1.79 bits per heavy atom. The molecule has 1 aliphatic rings. The van der Waals surface area contributed by atoms with Crippen LogP contribution >= 0.6 is 23.1 Å². The van der Waals surface area contributed by atoms with Crippen molar-refractivity contribution < 1.29 is 4.79 Å². The second kappa shape index (κ2) is 10.6. The third kappa shape index (κ3) is 4.91. The van der Waals surface area contributed by atoms with Gasteiger partial charge in [-0.25, -0.2) is 4.98 Å². The van der Waals surface area contributed by atoms with E-state index in [4.69, 9.17) is 4.98 Å². The van der Waals surface area contributed by atoms with E-state index in [2.05, 4.69) is 5.32 Å². The van der Waals surface area contributed by atoms with Gasteiger partial charge in [0.1, 0.15) is 17.2 Å². The maximum Gasteiger partial charge on any atom is 0.263 e. The number of para-hydroxylation sites is 1. The minimum Gasteiger partial charge on any atom is -0.323 e. The lowest BCUT2D eigenvalue weighted by atomic mass is 9.97. The number of carbonyl (C=O) groups is 1. The summed E-state index contributed by atoms with van der Waals surface area (Å²) in [5.74, 6) is 0.277. The fraction of sp³-hybridized carbons (Fsp3) is 0.194. The Hall–Kier alpha value is -3.68. The quantitative estimate of drug-likeness (QED) is 0.251. The molecule has 5 nitrogen and oxygen atoms in total. The van der Waals surface area contributed by atoms with Crippen molar-refractivity contribution in [2.75, 3.05) is 5.32 Å². The number of rotatable bonds is 6. The van der Waals surface area contributed by atoms with Crippen molar-refractivity contribution in [1.82, 2.24) is 9.55 Å². The summed E-state index contributed by atoms with van der Waals surface area (Å²) < 4.78 is 1.56. The fourth-order valence-electron chi connectivity index (χ4n) is 5.00. The first-order valence-electron chi connectivity index (χ1n) is 12.8. The lowest BCUT2D eigenvalue weighted by Gasteiger charge is -2.15. The Bertz CT molecular complexity index is 1710. The average molecular weight is 538 g/mol. The van der Waals surface area contributed by atoms with Crippen LogP contribution in [-0.2, 0) is 24.2 Å². The molecule has 2 heterocycles. The summed E-state index contributed by atoms with van der Waals surface area (Å²) in [5, 5.41) is 3.74. The van der Waals surface area contributed by atoms with Gasteiger partial charge in [-0.05, 0) is 68.5 Å². The molecule has 0 radical (unpaired) electrons. The van der Waals surface area contributed by atoms with Gasteiger partial charge in [0.2, 0.25) is 5.91 Å². The zero-order chi connectivity index (χ0) is 26.1. The molecule has 1 N–H and O–H groups in total. The number of hydrogen-bond donors (Lipinski definition) is 1. The summed E-state index contributed by atoms with van der Waals surface area (Å²) in [6, 6.07) is 25.7. The molecule has 3 aromatic carbocycles. The number of fused-ring (bicyclic) bond motifs is 3. The number of carbonyl (C=O) groups excluding carboxylic acids is 1. The van der Waals surface area contributed by atoms with E-state index < -0.39 is 0 Å². The highest BCUT2D eigenvalue weighted by Gasteiger charge is 2.23. The highest BCUT2D eigenvalue weighted by atomic mass is 32.2. The summed E-state index contributed by atoms with van der Waals surface area (Å²) in [4.78, 5) is 36.5. The lowest BCUT2D eigenvalue weighted by Crippen LogP contribution is -2.30. The first kappa shape index (κ1) is 24.6. The molecule has 0 unspecified atom stereocenters. The van der Waals surface area contributed by atoms with Gasteiger partial charge in [-0.1, -0.05) is 65.9 Å². The third-order valence-electron chi connectivity index (χ3n) is 6.79. The van der Waals surface area contributed by atoms with Crippen molar-refractivity contribution in [1.29, 1.82) is 0 Å². The van der Waals surface area contributed by atoms with E-state index in [1.54, 1.807) is 27.7 Å². The second-order valence-electron chi connectivity index (χ2n) is 9.55. The Kier molecular flexibility index (Phi) is 6.87. The first-order chi connectivity index (χ1) is 18.6. The maximum absolute atomic E-state index is 14.0. The smallest absolute Gasteiger partial charge is 0.263 e. The molecule has 1 amide bonds. The average Bonchev–Trinajstić information content (AvgIpc) is 3.31. The summed E-state index contributed by atoms with van der Waals surface area (Å²) >= 11 is 3.22. The molecule has 0 atom stereocenters. The number of aryl methyl sites for hydroxylation is 3. The summed E-state index contributed by atoms with van der Waals surface area (Å²) in [6.07, 6.45) is 4.11. The minimum atomic E-state index is -0.257. The Morgan fingerprint density at radius 3 is 2.63 bits per heavy atom. The molecule has 0 saturated carbocycles. The number of amides is 1. The van der Waals surface area contributed by atoms with Crippen LogP contribution in [0.5, 0.6) is 0 Å². The van der Waals surface area contributed by atoms with Crippen molar-refractivity contribution in [3.8, 4) is 11.4 Å². The van der Waals surface area contributed by atoms with Crippen LogP contribution in [0.1, 0.15) is 28.8 Å². The van der Waals surface area contributed by atoms with Crippen molar-refractivity contribution in [3.63, 3.8) is 0 Å². The normalized spacial score (nSPS) is 12.9. The monoisotopic (exact) mass is 537 g/mol. The zero-order valence-electron chi connectivity index (χ0n) is 21.1. The van der Waals surface area contributed by atoms with Crippen molar-refractivity contribution in [2.24, 2.45) is 0 Å².